The van der Waals surface area contributed by atoms with E-state index >= 15 is 0 Å². The van der Waals surface area contributed by atoms with Crippen molar-refractivity contribution in [3.63, 3.8) is 0 Å². The van der Waals surface area contributed by atoms with Crippen molar-refractivity contribution in [1.82, 2.24) is 15.1 Å². The highest BCUT2D eigenvalue weighted by Crippen LogP contribution is 2.25. The molecule has 0 spiro atoms. The first-order valence-electron chi connectivity index (χ1n) is 10.1. The van der Waals surface area contributed by atoms with Crippen molar-refractivity contribution in [2.45, 2.75) is 45.3 Å². The fourth-order valence-corrected chi connectivity index (χ4v) is 4.08. The second-order valence-corrected chi connectivity index (χ2v) is 8.32. The van der Waals surface area contributed by atoms with Gasteiger partial charge in [0.05, 0.1) is 6.04 Å². The third kappa shape index (κ3) is 5.49. The third-order valence-electron chi connectivity index (χ3n) is 5.77. The summed E-state index contributed by atoms with van der Waals surface area (Å²) in [6.45, 7) is 6.32. The molecule has 1 atom stereocenters. The summed E-state index contributed by atoms with van der Waals surface area (Å²) < 4.78 is 13.3. The minimum Gasteiger partial charge on any atom is -0.331 e. The molecule has 29 heavy (non-hydrogen) atoms. The molecule has 0 radical (unpaired) electrons. The van der Waals surface area contributed by atoms with Crippen LogP contribution in [0.15, 0.2) is 42.5 Å². The van der Waals surface area contributed by atoms with E-state index in [0.29, 0.717) is 11.6 Å². The van der Waals surface area contributed by atoms with Crippen LogP contribution in [0.4, 0.5) is 9.18 Å². The maximum Gasteiger partial charge on any atom is 0.318 e. The minimum absolute atomic E-state index is 0.101. The second kappa shape index (κ2) is 9.59. The van der Waals surface area contributed by atoms with Gasteiger partial charge in [-0.05, 0) is 81.7 Å². The van der Waals surface area contributed by atoms with Gasteiger partial charge in [-0.3, -0.25) is 0 Å². The number of nitrogens with zero attached hydrogens (tertiary/aromatic N) is 2. The molecule has 1 aliphatic rings. The van der Waals surface area contributed by atoms with Crippen molar-refractivity contribution in [3.8, 4) is 0 Å². The average Bonchev–Trinajstić information content (AvgIpc) is 2.70. The Bertz CT molecular complexity index is 835. The topological polar surface area (TPSA) is 35.6 Å². The number of benzene rings is 2. The second-order valence-electron chi connectivity index (χ2n) is 7.91. The van der Waals surface area contributed by atoms with E-state index in [2.05, 4.69) is 17.3 Å². The first kappa shape index (κ1) is 21.6. The van der Waals surface area contributed by atoms with Gasteiger partial charge in [-0.2, -0.15) is 0 Å². The van der Waals surface area contributed by atoms with Crippen molar-refractivity contribution < 1.29 is 9.18 Å². The molecule has 2 aromatic rings. The molecule has 1 fully saturated rings. The van der Waals surface area contributed by atoms with Gasteiger partial charge in [0, 0.05) is 17.6 Å². The molecule has 0 aliphatic carbocycles. The standard InChI is InChI=1S/C23H29ClFN3O/c1-16-21(5-4-6-22(16)24)17(2)26-23(29)28(20-11-13-27(3)14-12-20)15-18-7-9-19(25)10-8-18/h4-10,17,20H,11-15H2,1-3H3,(H,26,29). The SMILES string of the molecule is Cc1c(Cl)cccc1C(C)NC(=O)N(Cc1ccc(F)cc1)C1CCN(C)CC1. The Kier molecular flexibility index (Phi) is 7.14. The van der Waals surface area contributed by atoms with E-state index in [-0.39, 0.29) is 23.9 Å². The summed E-state index contributed by atoms with van der Waals surface area (Å²) in [4.78, 5) is 17.4. The quantitative estimate of drug-likeness (QED) is 0.729. The van der Waals surface area contributed by atoms with Crippen LogP contribution in [-0.4, -0.2) is 42.0 Å². The molecule has 1 heterocycles. The first-order chi connectivity index (χ1) is 13.8. The third-order valence-corrected chi connectivity index (χ3v) is 6.18. The molecule has 0 bridgehead atoms. The Morgan fingerprint density at radius 2 is 1.90 bits per heavy atom. The summed E-state index contributed by atoms with van der Waals surface area (Å²) in [7, 11) is 2.10. The Labute approximate surface area is 177 Å². The molecular weight excluding hydrogens is 389 g/mol. The van der Waals surface area contributed by atoms with Crippen molar-refractivity contribution in [1.29, 1.82) is 0 Å². The van der Waals surface area contributed by atoms with Gasteiger partial charge in [0.1, 0.15) is 5.82 Å². The summed E-state index contributed by atoms with van der Waals surface area (Å²) in [6.07, 6.45) is 1.85. The van der Waals surface area contributed by atoms with Gasteiger partial charge in [-0.15, -0.1) is 0 Å². The number of carbonyl (C=O) groups excluding carboxylic acids is 1. The van der Waals surface area contributed by atoms with E-state index in [1.807, 2.05) is 36.9 Å². The lowest BCUT2D eigenvalue weighted by Crippen LogP contribution is -2.50. The summed E-state index contributed by atoms with van der Waals surface area (Å²) in [5.41, 5.74) is 2.91. The van der Waals surface area contributed by atoms with Crippen LogP contribution in [0.3, 0.4) is 0 Å². The summed E-state index contributed by atoms with van der Waals surface area (Å²) in [5, 5.41) is 3.84. The van der Waals surface area contributed by atoms with Gasteiger partial charge in [0.25, 0.3) is 0 Å². The van der Waals surface area contributed by atoms with Crippen LogP contribution >= 0.6 is 11.6 Å². The zero-order chi connectivity index (χ0) is 21.0. The van der Waals surface area contributed by atoms with E-state index in [9.17, 15) is 9.18 Å². The van der Waals surface area contributed by atoms with Crippen molar-refractivity contribution >= 4 is 17.6 Å². The Morgan fingerprint density at radius 1 is 1.24 bits per heavy atom. The molecule has 1 unspecified atom stereocenters. The molecule has 6 heteroatoms. The molecule has 4 nitrogen and oxygen atoms in total. The van der Waals surface area contributed by atoms with Crippen LogP contribution in [0, 0.1) is 12.7 Å². The Morgan fingerprint density at radius 3 is 2.55 bits per heavy atom. The summed E-state index contributed by atoms with van der Waals surface area (Å²) in [5.74, 6) is -0.269. The number of halogens is 2. The molecule has 156 valence electrons. The van der Waals surface area contributed by atoms with Crippen LogP contribution in [0.5, 0.6) is 0 Å². The molecule has 2 amide bonds. The number of carbonyl (C=O) groups is 1. The zero-order valence-corrected chi connectivity index (χ0v) is 18.0. The van der Waals surface area contributed by atoms with Gasteiger partial charge in [0.2, 0.25) is 0 Å². The maximum absolute atomic E-state index is 13.3. The lowest BCUT2D eigenvalue weighted by molar-refractivity contribution is 0.125. The average molecular weight is 418 g/mol. The number of piperidine rings is 1. The van der Waals surface area contributed by atoms with Gasteiger partial charge in [0.15, 0.2) is 0 Å². The number of rotatable bonds is 5. The van der Waals surface area contributed by atoms with Gasteiger partial charge < -0.3 is 15.1 Å². The lowest BCUT2D eigenvalue weighted by atomic mass is 10.0. The number of amides is 2. The van der Waals surface area contributed by atoms with Gasteiger partial charge in [-0.1, -0.05) is 35.9 Å². The van der Waals surface area contributed by atoms with E-state index < -0.39 is 0 Å². The molecule has 1 N–H and O–H groups in total. The fraction of sp³-hybridized carbons (Fsp3) is 0.435. The molecule has 2 aromatic carbocycles. The highest BCUT2D eigenvalue weighted by atomic mass is 35.5. The number of nitrogens with one attached hydrogen (secondary N) is 1. The largest absolute Gasteiger partial charge is 0.331 e. The zero-order valence-electron chi connectivity index (χ0n) is 17.3. The summed E-state index contributed by atoms with van der Waals surface area (Å²) >= 11 is 6.25. The predicted octanol–water partition coefficient (Wildman–Crippen LogP) is 5.15. The van der Waals surface area contributed by atoms with Crippen LogP contribution in [0.2, 0.25) is 5.02 Å². The number of likely N-dealkylation sites (tertiary alicyclic amines) is 1. The number of urea groups is 1. The van der Waals surface area contributed by atoms with Crippen molar-refractivity contribution in [2.24, 2.45) is 0 Å². The van der Waals surface area contributed by atoms with E-state index in [0.717, 1.165) is 42.6 Å². The summed E-state index contributed by atoms with van der Waals surface area (Å²) in [6, 6.07) is 12.0. The normalized spacial score (nSPS) is 16.4. The first-order valence-corrected chi connectivity index (χ1v) is 10.5. The van der Waals surface area contributed by atoms with E-state index in [4.69, 9.17) is 11.6 Å². The Hall–Kier alpha value is -2.11. The van der Waals surface area contributed by atoms with E-state index in [1.165, 1.54) is 12.1 Å². The molecule has 1 aliphatic heterocycles. The Balaban J connectivity index is 1.77. The smallest absolute Gasteiger partial charge is 0.318 e. The van der Waals surface area contributed by atoms with Crippen LogP contribution in [0.1, 0.15) is 42.5 Å². The molecule has 3 rings (SSSR count). The van der Waals surface area contributed by atoms with Crippen molar-refractivity contribution in [3.05, 3.63) is 70.0 Å². The van der Waals surface area contributed by atoms with Gasteiger partial charge in [-0.25, -0.2) is 9.18 Å². The van der Waals surface area contributed by atoms with Crippen LogP contribution < -0.4 is 5.32 Å². The van der Waals surface area contributed by atoms with Gasteiger partial charge >= 0.3 is 6.03 Å². The van der Waals surface area contributed by atoms with E-state index in [1.54, 1.807) is 12.1 Å². The van der Waals surface area contributed by atoms with Crippen LogP contribution in [0.25, 0.3) is 0 Å². The fourth-order valence-electron chi connectivity index (χ4n) is 3.90. The highest BCUT2D eigenvalue weighted by molar-refractivity contribution is 6.31. The van der Waals surface area contributed by atoms with Crippen molar-refractivity contribution in [2.75, 3.05) is 20.1 Å². The molecular formula is C23H29ClFN3O. The minimum atomic E-state index is -0.269. The lowest BCUT2D eigenvalue weighted by Gasteiger charge is -2.38. The predicted molar refractivity (Wildman–Crippen MR) is 116 cm³/mol. The molecule has 1 saturated heterocycles. The molecule has 0 aromatic heterocycles. The monoisotopic (exact) mass is 417 g/mol. The number of hydrogen-bond acceptors (Lipinski definition) is 2. The molecule has 0 saturated carbocycles. The van der Waals surface area contributed by atoms with Crippen LogP contribution in [-0.2, 0) is 6.54 Å². The number of hydrogen-bond donors (Lipinski definition) is 1. The highest BCUT2D eigenvalue weighted by Gasteiger charge is 2.28. The maximum atomic E-state index is 13.3.